The van der Waals surface area contributed by atoms with Gasteiger partial charge in [0.2, 0.25) is 0 Å². The molecule has 0 aliphatic carbocycles. The highest BCUT2D eigenvalue weighted by atomic mass is 35.5. The molecule has 0 radical (unpaired) electrons. The minimum atomic E-state index is -0.409. The molecule has 1 atom stereocenters. The van der Waals surface area contributed by atoms with Gasteiger partial charge in [-0.05, 0) is 51.1 Å². The molecule has 1 rings (SSSR count). The van der Waals surface area contributed by atoms with Gasteiger partial charge in [-0.25, -0.2) is 4.98 Å². The van der Waals surface area contributed by atoms with Crippen LogP contribution in [0.1, 0.15) is 26.2 Å². The zero-order valence-electron chi connectivity index (χ0n) is 10.7. The monoisotopic (exact) mass is 283 g/mol. The van der Waals surface area contributed by atoms with E-state index in [1.807, 2.05) is 26.1 Å². The third kappa shape index (κ3) is 4.85. The molecule has 0 bridgehead atoms. The first-order chi connectivity index (χ1) is 8.61. The quantitative estimate of drug-likeness (QED) is 0.615. The maximum absolute atomic E-state index is 9.01. The van der Waals surface area contributed by atoms with Crippen molar-refractivity contribution in [2.45, 2.75) is 36.8 Å². The van der Waals surface area contributed by atoms with Crippen LogP contribution in [-0.2, 0) is 0 Å². The molecule has 18 heavy (non-hydrogen) atoms. The van der Waals surface area contributed by atoms with E-state index in [2.05, 4.69) is 16.4 Å². The Morgan fingerprint density at radius 3 is 2.94 bits per heavy atom. The number of halogens is 1. The zero-order valence-corrected chi connectivity index (χ0v) is 12.3. The molecule has 0 amide bonds. The maximum Gasteiger partial charge on any atom is 0.115 e. The second kappa shape index (κ2) is 7.63. The van der Waals surface area contributed by atoms with Crippen LogP contribution in [-0.4, -0.2) is 23.3 Å². The standard InChI is InChI=1S/C13H18ClN3S/c1-13(10-15,16-2)7-3-4-9-18-12-11(14)6-5-8-17-12/h5-6,8,16H,3-4,7,9H2,1-2H3. The summed E-state index contributed by atoms with van der Waals surface area (Å²) in [7, 11) is 1.83. The zero-order chi connectivity index (χ0) is 13.4. The van der Waals surface area contributed by atoms with Crippen molar-refractivity contribution in [1.82, 2.24) is 10.3 Å². The van der Waals surface area contributed by atoms with Gasteiger partial charge in [0.15, 0.2) is 0 Å². The Hall–Kier alpha value is -0.760. The highest BCUT2D eigenvalue weighted by molar-refractivity contribution is 7.99. The molecule has 1 aromatic rings. The van der Waals surface area contributed by atoms with Crippen LogP contribution in [0.15, 0.2) is 23.4 Å². The van der Waals surface area contributed by atoms with Crippen molar-refractivity contribution in [3.05, 3.63) is 23.4 Å². The lowest BCUT2D eigenvalue weighted by atomic mass is 9.97. The number of nitrogens with zero attached hydrogens (tertiary/aromatic N) is 2. The lowest BCUT2D eigenvalue weighted by Crippen LogP contribution is -2.37. The summed E-state index contributed by atoms with van der Waals surface area (Å²) in [6.45, 7) is 1.93. The van der Waals surface area contributed by atoms with Gasteiger partial charge >= 0.3 is 0 Å². The molecule has 3 nitrogen and oxygen atoms in total. The molecule has 0 fully saturated rings. The summed E-state index contributed by atoms with van der Waals surface area (Å²) >= 11 is 7.68. The van der Waals surface area contributed by atoms with Crippen LogP contribution >= 0.6 is 23.4 Å². The molecule has 1 N–H and O–H groups in total. The van der Waals surface area contributed by atoms with Crippen LogP contribution in [0.4, 0.5) is 0 Å². The number of hydrogen-bond acceptors (Lipinski definition) is 4. The van der Waals surface area contributed by atoms with Crippen LogP contribution in [0.3, 0.4) is 0 Å². The van der Waals surface area contributed by atoms with Gasteiger partial charge in [-0.1, -0.05) is 11.6 Å². The maximum atomic E-state index is 9.01. The van der Waals surface area contributed by atoms with Gasteiger partial charge in [0.25, 0.3) is 0 Å². The van der Waals surface area contributed by atoms with Gasteiger partial charge in [-0.2, -0.15) is 5.26 Å². The third-order valence-electron chi connectivity index (χ3n) is 2.83. The number of hydrogen-bond donors (Lipinski definition) is 1. The second-order valence-corrected chi connectivity index (χ2v) is 5.78. The van der Waals surface area contributed by atoms with E-state index in [1.165, 1.54) is 0 Å². The minimum Gasteiger partial charge on any atom is -0.303 e. The van der Waals surface area contributed by atoms with E-state index in [1.54, 1.807) is 18.0 Å². The largest absolute Gasteiger partial charge is 0.303 e. The number of rotatable bonds is 7. The minimum absolute atomic E-state index is 0.409. The number of nitrogens with one attached hydrogen (secondary N) is 1. The second-order valence-electron chi connectivity index (χ2n) is 4.29. The first-order valence-corrected chi connectivity index (χ1v) is 7.31. The average Bonchev–Trinajstić information content (AvgIpc) is 2.40. The molecule has 1 heterocycles. The van der Waals surface area contributed by atoms with E-state index in [9.17, 15) is 0 Å². The molecule has 1 unspecified atom stereocenters. The molecule has 0 spiro atoms. The summed E-state index contributed by atoms with van der Waals surface area (Å²) in [6.07, 6.45) is 4.68. The fourth-order valence-corrected chi connectivity index (χ4v) is 2.63. The van der Waals surface area contributed by atoms with E-state index in [0.717, 1.165) is 30.0 Å². The van der Waals surface area contributed by atoms with Crippen molar-refractivity contribution in [3.8, 4) is 6.07 Å². The Bertz CT molecular complexity index is 419. The number of pyridine rings is 1. The van der Waals surface area contributed by atoms with Gasteiger partial charge < -0.3 is 5.32 Å². The smallest absolute Gasteiger partial charge is 0.115 e. The van der Waals surface area contributed by atoms with Crippen molar-refractivity contribution >= 4 is 23.4 Å². The van der Waals surface area contributed by atoms with Crippen molar-refractivity contribution in [3.63, 3.8) is 0 Å². The van der Waals surface area contributed by atoms with Gasteiger partial charge in [0.1, 0.15) is 10.6 Å². The number of aromatic nitrogens is 1. The first kappa shape index (κ1) is 15.3. The predicted molar refractivity (Wildman–Crippen MR) is 76.9 cm³/mol. The fraction of sp³-hybridized carbons (Fsp3) is 0.538. The molecule has 0 aliphatic heterocycles. The lowest BCUT2D eigenvalue weighted by molar-refractivity contribution is 0.439. The van der Waals surface area contributed by atoms with E-state index in [0.29, 0.717) is 5.02 Å². The Kier molecular flexibility index (Phi) is 6.48. The molecule has 0 saturated heterocycles. The van der Waals surface area contributed by atoms with Gasteiger partial charge in [-0.15, -0.1) is 11.8 Å². The summed E-state index contributed by atoms with van der Waals surface area (Å²) in [6, 6.07) is 5.98. The van der Waals surface area contributed by atoms with Gasteiger partial charge in [0, 0.05) is 6.20 Å². The molecule has 98 valence electrons. The highest BCUT2D eigenvalue weighted by Gasteiger charge is 2.19. The van der Waals surface area contributed by atoms with Crippen LogP contribution in [0.25, 0.3) is 0 Å². The van der Waals surface area contributed by atoms with Crippen molar-refractivity contribution in [2.24, 2.45) is 0 Å². The van der Waals surface area contributed by atoms with Crippen molar-refractivity contribution < 1.29 is 0 Å². The molecule has 1 aromatic heterocycles. The molecular formula is C13H18ClN3S. The average molecular weight is 284 g/mol. The number of unbranched alkanes of at least 4 members (excludes halogenated alkanes) is 1. The number of thioether (sulfide) groups is 1. The topological polar surface area (TPSA) is 48.7 Å². The number of nitriles is 1. The molecule has 0 aliphatic rings. The molecule has 0 saturated carbocycles. The molecular weight excluding hydrogens is 266 g/mol. The van der Waals surface area contributed by atoms with E-state index in [-0.39, 0.29) is 0 Å². The normalized spacial score (nSPS) is 13.9. The van der Waals surface area contributed by atoms with E-state index >= 15 is 0 Å². The van der Waals surface area contributed by atoms with Crippen LogP contribution in [0.5, 0.6) is 0 Å². The van der Waals surface area contributed by atoms with Gasteiger partial charge in [-0.3, -0.25) is 0 Å². The highest BCUT2D eigenvalue weighted by Crippen LogP contribution is 2.25. The summed E-state index contributed by atoms with van der Waals surface area (Å²) in [5.74, 6) is 0.974. The van der Waals surface area contributed by atoms with Crippen molar-refractivity contribution in [2.75, 3.05) is 12.8 Å². The van der Waals surface area contributed by atoms with Crippen LogP contribution < -0.4 is 5.32 Å². The summed E-state index contributed by atoms with van der Waals surface area (Å²) < 4.78 is 0. The Labute approximate surface area is 118 Å². The van der Waals surface area contributed by atoms with Crippen LogP contribution in [0.2, 0.25) is 5.02 Å². The summed E-state index contributed by atoms with van der Waals surface area (Å²) in [5, 5.41) is 13.6. The summed E-state index contributed by atoms with van der Waals surface area (Å²) in [5.41, 5.74) is -0.409. The Morgan fingerprint density at radius 1 is 1.56 bits per heavy atom. The van der Waals surface area contributed by atoms with Crippen molar-refractivity contribution in [1.29, 1.82) is 5.26 Å². The van der Waals surface area contributed by atoms with Gasteiger partial charge in [0.05, 0.1) is 11.1 Å². The fourth-order valence-electron chi connectivity index (χ4n) is 1.46. The lowest BCUT2D eigenvalue weighted by Gasteiger charge is -2.20. The summed E-state index contributed by atoms with van der Waals surface area (Å²) in [4.78, 5) is 4.22. The first-order valence-electron chi connectivity index (χ1n) is 5.95. The SMILES string of the molecule is CNC(C)(C#N)CCCCSc1ncccc1Cl. The third-order valence-corrected chi connectivity index (χ3v) is 4.34. The van der Waals surface area contributed by atoms with E-state index < -0.39 is 5.54 Å². The Balaban J connectivity index is 2.24. The predicted octanol–water partition coefficient (Wildman–Crippen LogP) is 3.50. The van der Waals surface area contributed by atoms with Crippen LogP contribution in [0, 0.1) is 11.3 Å². The molecule has 0 aromatic carbocycles. The molecule has 5 heteroatoms. The van der Waals surface area contributed by atoms with E-state index in [4.69, 9.17) is 16.9 Å². The Morgan fingerprint density at radius 2 is 2.33 bits per heavy atom.